The normalized spacial score (nSPS) is 12.3. The van der Waals surface area contributed by atoms with Crippen LogP contribution in [0.4, 0.5) is 0 Å². The van der Waals surface area contributed by atoms with E-state index in [9.17, 15) is 14.4 Å². The Morgan fingerprint density at radius 1 is 1.15 bits per heavy atom. The quantitative estimate of drug-likeness (QED) is 0.509. The van der Waals surface area contributed by atoms with Crippen molar-refractivity contribution in [2.75, 3.05) is 7.11 Å². The molecule has 8 nitrogen and oxygen atoms in total. The van der Waals surface area contributed by atoms with Crippen molar-refractivity contribution in [2.45, 2.75) is 13.0 Å². The van der Waals surface area contributed by atoms with Crippen molar-refractivity contribution in [1.29, 1.82) is 0 Å². The van der Waals surface area contributed by atoms with E-state index < -0.39 is 17.3 Å². The monoisotopic (exact) mass is 376 g/mol. The number of ether oxygens (including phenoxy) is 1. The first kappa shape index (κ1) is 17.9. The lowest BCUT2D eigenvalue weighted by molar-refractivity contribution is 0.0937. The molecule has 0 radical (unpaired) electrons. The van der Waals surface area contributed by atoms with Gasteiger partial charge in [0.1, 0.15) is 5.75 Å². The van der Waals surface area contributed by atoms with E-state index in [1.807, 2.05) is 0 Å². The number of fused-ring (bicyclic) bond motifs is 1. The molecule has 0 aliphatic heterocycles. The number of halogens is 1. The highest BCUT2D eigenvalue weighted by atomic mass is 35.5. The number of benzene rings is 1. The summed E-state index contributed by atoms with van der Waals surface area (Å²) in [7, 11) is 4.40. The first-order chi connectivity index (χ1) is 12.3. The molecule has 0 fully saturated rings. The number of imidazole rings is 1. The first-order valence-corrected chi connectivity index (χ1v) is 8.17. The van der Waals surface area contributed by atoms with E-state index in [0.717, 1.165) is 4.57 Å². The van der Waals surface area contributed by atoms with Crippen LogP contribution >= 0.6 is 11.6 Å². The molecule has 0 N–H and O–H groups in total. The fraction of sp³-hybridized carbons (Fsp3) is 0.294. The largest absolute Gasteiger partial charge is 0.497 e. The molecule has 26 heavy (non-hydrogen) atoms. The molecule has 0 aliphatic carbocycles. The topological polar surface area (TPSA) is 88.1 Å². The van der Waals surface area contributed by atoms with Gasteiger partial charge in [0.2, 0.25) is 5.28 Å². The van der Waals surface area contributed by atoms with Crippen LogP contribution in [0.1, 0.15) is 23.3 Å². The molecule has 3 rings (SSSR count). The van der Waals surface area contributed by atoms with E-state index in [0.29, 0.717) is 11.3 Å². The Morgan fingerprint density at radius 2 is 1.77 bits per heavy atom. The average Bonchev–Trinajstić information content (AvgIpc) is 3.00. The summed E-state index contributed by atoms with van der Waals surface area (Å²) in [5.74, 6) is 0.383. The van der Waals surface area contributed by atoms with Crippen LogP contribution in [-0.2, 0) is 14.1 Å². The van der Waals surface area contributed by atoms with Crippen LogP contribution in [0, 0.1) is 0 Å². The predicted molar refractivity (Wildman–Crippen MR) is 97.3 cm³/mol. The molecule has 1 aromatic carbocycles. The van der Waals surface area contributed by atoms with Gasteiger partial charge in [0, 0.05) is 19.7 Å². The van der Waals surface area contributed by atoms with Gasteiger partial charge in [0.05, 0.1) is 13.2 Å². The maximum absolute atomic E-state index is 12.9. The molecule has 1 unspecified atom stereocenters. The number of aryl methyl sites for hydroxylation is 1. The molecule has 0 saturated heterocycles. The van der Waals surface area contributed by atoms with Crippen molar-refractivity contribution in [1.82, 2.24) is 18.7 Å². The van der Waals surface area contributed by atoms with Gasteiger partial charge in [0.15, 0.2) is 16.9 Å². The highest BCUT2D eigenvalue weighted by Crippen LogP contribution is 2.24. The van der Waals surface area contributed by atoms with Crippen molar-refractivity contribution in [3.63, 3.8) is 0 Å². The lowest BCUT2D eigenvalue weighted by Crippen LogP contribution is -2.38. The van der Waals surface area contributed by atoms with E-state index in [4.69, 9.17) is 16.3 Å². The molecule has 1 atom stereocenters. The second-order valence-corrected chi connectivity index (χ2v) is 6.24. The zero-order chi connectivity index (χ0) is 19.2. The van der Waals surface area contributed by atoms with E-state index in [1.54, 1.807) is 31.2 Å². The first-order valence-electron chi connectivity index (χ1n) is 7.79. The average molecular weight is 377 g/mol. The minimum absolute atomic E-state index is 0.0346. The van der Waals surface area contributed by atoms with Crippen LogP contribution in [0.5, 0.6) is 5.75 Å². The second-order valence-electron chi connectivity index (χ2n) is 5.90. The van der Waals surface area contributed by atoms with Crippen molar-refractivity contribution < 1.29 is 9.53 Å². The third-order valence-corrected chi connectivity index (χ3v) is 4.66. The summed E-state index contributed by atoms with van der Waals surface area (Å²) in [6.07, 6.45) is 0. The standard InChI is InChI=1S/C17H17ClN4O4/c1-9(13(23)10-5-7-11(26-4)8-6-10)22-12-14(19-16(22)18)20(2)17(25)21(3)15(12)24/h5-9H,1-4H3. The third-order valence-electron chi connectivity index (χ3n) is 4.39. The van der Waals surface area contributed by atoms with Gasteiger partial charge >= 0.3 is 5.69 Å². The van der Waals surface area contributed by atoms with E-state index in [-0.39, 0.29) is 22.2 Å². The highest BCUT2D eigenvalue weighted by molar-refractivity contribution is 6.29. The Kier molecular flexibility index (Phi) is 4.45. The van der Waals surface area contributed by atoms with Gasteiger partial charge in [-0.25, -0.2) is 4.79 Å². The molecule has 2 aromatic heterocycles. The van der Waals surface area contributed by atoms with E-state index in [1.165, 1.54) is 30.3 Å². The minimum atomic E-state index is -0.786. The Labute approximate surface area is 153 Å². The molecular formula is C17H17ClN4O4. The number of methoxy groups -OCH3 is 1. The van der Waals surface area contributed by atoms with Gasteiger partial charge in [-0.3, -0.25) is 23.3 Å². The number of nitrogens with zero attached hydrogens (tertiary/aromatic N) is 4. The lowest BCUT2D eigenvalue weighted by Gasteiger charge is -2.15. The number of carbonyl (C=O) groups is 1. The number of Topliss-reactive ketones (excluding diaryl/α,β-unsaturated/α-hetero) is 1. The summed E-state index contributed by atoms with van der Waals surface area (Å²) in [5.41, 5.74) is -0.390. The van der Waals surface area contributed by atoms with Crippen LogP contribution in [0.15, 0.2) is 33.9 Å². The minimum Gasteiger partial charge on any atom is -0.497 e. The zero-order valence-corrected chi connectivity index (χ0v) is 15.4. The van der Waals surface area contributed by atoms with Gasteiger partial charge < -0.3 is 4.74 Å². The Balaban J connectivity index is 2.18. The molecule has 9 heteroatoms. The van der Waals surface area contributed by atoms with Gasteiger partial charge in [-0.1, -0.05) is 0 Å². The molecule has 3 aromatic rings. The van der Waals surface area contributed by atoms with Crippen LogP contribution in [-0.4, -0.2) is 31.6 Å². The van der Waals surface area contributed by atoms with Gasteiger partial charge in [0.25, 0.3) is 5.56 Å². The maximum atomic E-state index is 12.9. The highest BCUT2D eigenvalue weighted by Gasteiger charge is 2.26. The van der Waals surface area contributed by atoms with Crippen LogP contribution in [0.2, 0.25) is 5.28 Å². The van der Waals surface area contributed by atoms with E-state index >= 15 is 0 Å². The molecule has 0 bridgehead atoms. The Bertz CT molecular complexity index is 1120. The summed E-state index contributed by atoms with van der Waals surface area (Å²) in [5, 5.41) is -0.0346. The van der Waals surface area contributed by atoms with Gasteiger partial charge in [-0.05, 0) is 42.8 Å². The number of hydrogen-bond acceptors (Lipinski definition) is 5. The fourth-order valence-corrected chi connectivity index (χ4v) is 3.17. The third kappa shape index (κ3) is 2.62. The van der Waals surface area contributed by atoms with Gasteiger partial charge in [-0.15, -0.1) is 0 Å². The number of hydrogen-bond donors (Lipinski definition) is 0. The van der Waals surface area contributed by atoms with Crippen LogP contribution < -0.4 is 16.0 Å². The predicted octanol–water partition coefficient (Wildman–Crippen LogP) is 1.54. The summed E-state index contributed by atoms with van der Waals surface area (Å²) in [4.78, 5) is 41.6. The molecule has 136 valence electrons. The van der Waals surface area contributed by atoms with Crippen molar-refractivity contribution in [3.8, 4) is 5.75 Å². The number of aromatic nitrogens is 4. The molecule has 0 aliphatic rings. The molecule has 0 amide bonds. The Morgan fingerprint density at radius 3 is 2.35 bits per heavy atom. The summed E-state index contributed by atoms with van der Waals surface area (Å²) < 4.78 is 8.63. The van der Waals surface area contributed by atoms with Crippen molar-refractivity contribution in [2.24, 2.45) is 14.1 Å². The van der Waals surface area contributed by atoms with Crippen LogP contribution in [0.25, 0.3) is 11.2 Å². The molecule has 0 spiro atoms. The van der Waals surface area contributed by atoms with Crippen molar-refractivity contribution in [3.05, 3.63) is 56.0 Å². The number of rotatable bonds is 4. The van der Waals surface area contributed by atoms with Crippen molar-refractivity contribution >= 4 is 28.5 Å². The summed E-state index contributed by atoms with van der Waals surface area (Å²) >= 11 is 6.21. The molecule has 2 heterocycles. The van der Waals surface area contributed by atoms with E-state index in [2.05, 4.69) is 4.98 Å². The molecule has 0 saturated carbocycles. The number of carbonyl (C=O) groups excluding carboxylic acids is 1. The van der Waals surface area contributed by atoms with Gasteiger partial charge in [-0.2, -0.15) is 4.98 Å². The molecular weight excluding hydrogens is 360 g/mol. The smallest absolute Gasteiger partial charge is 0.332 e. The zero-order valence-electron chi connectivity index (χ0n) is 14.7. The summed E-state index contributed by atoms with van der Waals surface area (Å²) in [6, 6.07) is 5.84. The summed E-state index contributed by atoms with van der Waals surface area (Å²) in [6.45, 7) is 1.63. The lowest BCUT2D eigenvalue weighted by atomic mass is 10.1. The Hall–Kier alpha value is -2.87. The number of ketones is 1. The fourth-order valence-electron chi connectivity index (χ4n) is 2.86. The second kappa shape index (κ2) is 6.45. The van der Waals surface area contributed by atoms with Crippen LogP contribution in [0.3, 0.4) is 0 Å². The SMILES string of the molecule is COc1ccc(C(=O)C(C)n2c(Cl)nc3c2c(=O)n(C)c(=O)n3C)cc1. The maximum Gasteiger partial charge on any atom is 0.332 e.